The minimum atomic E-state index is -0.131. The molecular weight excluding hydrogens is 372 g/mol. The molecule has 0 atom stereocenters. The largest absolute Gasteiger partial charge is 0.455 e. The zero-order valence-electron chi connectivity index (χ0n) is 17.4. The predicted octanol–water partition coefficient (Wildman–Crippen LogP) is 4.40. The van der Waals surface area contributed by atoms with Crippen molar-refractivity contribution in [1.82, 2.24) is 15.3 Å². The van der Waals surface area contributed by atoms with E-state index in [0.29, 0.717) is 17.6 Å². The second-order valence-electron chi connectivity index (χ2n) is 8.12. The number of aromatic nitrogens is 2. The molecule has 2 heterocycles. The van der Waals surface area contributed by atoms with Crippen LogP contribution in [0.25, 0.3) is 0 Å². The van der Waals surface area contributed by atoms with Gasteiger partial charge in [0.1, 0.15) is 11.6 Å². The monoisotopic (exact) mass is 402 g/mol. The number of carbonyl (C=O) groups excluding carboxylic acids is 1. The van der Waals surface area contributed by atoms with E-state index in [-0.39, 0.29) is 11.3 Å². The summed E-state index contributed by atoms with van der Waals surface area (Å²) in [6, 6.07) is 6.00. The first-order chi connectivity index (χ1) is 13.3. The molecule has 2 aromatic heterocycles. The molecule has 6 nitrogen and oxygen atoms in total. The number of carbonyl (C=O) groups is 1. The number of hydrogen-bond donors (Lipinski definition) is 1. The molecule has 0 bridgehead atoms. The molecular formula is C21H30N4O2S. The molecule has 0 saturated heterocycles. The van der Waals surface area contributed by atoms with Crippen molar-refractivity contribution in [3.8, 4) is 0 Å². The van der Waals surface area contributed by atoms with E-state index in [1.165, 1.54) is 11.8 Å². The van der Waals surface area contributed by atoms with Crippen molar-refractivity contribution >= 4 is 23.5 Å². The third kappa shape index (κ3) is 5.28. The van der Waals surface area contributed by atoms with Crippen LogP contribution in [0.3, 0.4) is 0 Å². The lowest BCUT2D eigenvalue weighted by Gasteiger charge is -2.24. The summed E-state index contributed by atoms with van der Waals surface area (Å²) in [6.07, 6.45) is 2.12. The zero-order valence-corrected chi connectivity index (χ0v) is 18.2. The van der Waals surface area contributed by atoms with E-state index < -0.39 is 0 Å². The number of rotatable bonds is 8. The fourth-order valence-corrected chi connectivity index (χ4v) is 3.52. The summed E-state index contributed by atoms with van der Waals surface area (Å²) >= 11 is 1.53. The fraction of sp³-hybridized carbons (Fsp3) is 0.571. The van der Waals surface area contributed by atoms with E-state index >= 15 is 0 Å². The molecule has 1 aliphatic carbocycles. The number of furan rings is 1. The van der Waals surface area contributed by atoms with Crippen LogP contribution in [0.5, 0.6) is 0 Å². The number of nitrogens with zero attached hydrogens (tertiary/aromatic N) is 3. The molecule has 1 aliphatic rings. The zero-order chi connectivity index (χ0) is 20.3. The van der Waals surface area contributed by atoms with E-state index in [2.05, 4.69) is 50.9 Å². The summed E-state index contributed by atoms with van der Waals surface area (Å²) in [6.45, 7) is 12.5. The van der Waals surface area contributed by atoms with E-state index in [1.807, 2.05) is 6.07 Å². The highest BCUT2D eigenvalue weighted by Gasteiger charge is 2.25. The van der Waals surface area contributed by atoms with Crippen LogP contribution in [-0.4, -0.2) is 35.0 Å². The van der Waals surface area contributed by atoms with Gasteiger partial charge in [0.15, 0.2) is 10.9 Å². The lowest BCUT2D eigenvalue weighted by atomic mass is 9.92. The topological polar surface area (TPSA) is 71.3 Å². The summed E-state index contributed by atoms with van der Waals surface area (Å²) in [5.74, 6) is 2.53. The molecule has 3 rings (SSSR count). The Hall–Kier alpha value is -2.02. The van der Waals surface area contributed by atoms with Gasteiger partial charge >= 0.3 is 0 Å². The molecule has 1 saturated carbocycles. The third-order valence-electron chi connectivity index (χ3n) is 4.69. The maximum absolute atomic E-state index is 12.1. The summed E-state index contributed by atoms with van der Waals surface area (Å²) in [5, 5.41) is 3.68. The molecule has 1 N–H and O–H groups in total. The molecule has 7 heteroatoms. The standard InChI is InChI=1S/C21H30N4O2S/c1-6-25(7-2)18-12-17(21(3,4)5)23-20(24-18)28-13-15-10-11-16(27-15)19(26)22-14-8-9-14/h10-12,14H,6-9,13H2,1-5H3,(H,22,26). The highest BCUT2D eigenvalue weighted by Crippen LogP contribution is 2.29. The van der Waals surface area contributed by atoms with E-state index in [4.69, 9.17) is 14.4 Å². The third-order valence-corrected chi connectivity index (χ3v) is 5.56. The Bertz CT molecular complexity index is 820. The van der Waals surface area contributed by atoms with Crippen molar-refractivity contribution in [1.29, 1.82) is 0 Å². The number of hydrogen-bond acceptors (Lipinski definition) is 6. The highest BCUT2D eigenvalue weighted by atomic mass is 32.2. The summed E-state index contributed by atoms with van der Waals surface area (Å²) in [4.78, 5) is 23.8. The summed E-state index contributed by atoms with van der Waals surface area (Å²) in [5.41, 5.74) is 0.967. The van der Waals surface area contributed by atoms with Crippen molar-refractivity contribution in [3.05, 3.63) is 35.4 Å². The van der Waals surface area contributed by atoms with Gasteiger partial charge in [-0.25, -0.2) is 9.97 Å². The maximum atomic E-state index is 12.1. The average molecular weight is 403 g/mol. The first-order valence-corrected chi connectivity index (χ1v) is 11.0. The molecule has 0 aliphatic heterocycles. The highest BCUT2D eigenvalue weighted by molar-refractivity contribution is 7.98. The van der Waals surface area contributed by atoms with Gasteiger partial charge in [-0.15, -0.1) is 0 Å². The van der Waals surface area contributed by atoms with Crippen LogP contribution in [0, 0.1) is 0 Å². The van der Waals surface area contributed by atoms with Crippen LogP contribution in [0.15, 0.2) is 27.8 Å². The average Bonchev–Trinajstić information content (AvgIpc) is 3.33. The van der Waals surface area contributed by atoms with Gasteiger partial charge in [-0.1, -0.05) is 32.5 Å². The SMILES string of the molecule is CCN(CC)c1cc(C(C)(C)C)nc(SCc2ccc(C(=O)NC3CC3)o2)n1. The molecule has 0 spiro atoms. The van der Waals surface area contributed by atoms with Crippen LogP contribution in [0.2, 0.25) is 0 Å². The van der Waals surface area contributed by atoms with Crippen molar-refractivity contribution in [2.75, 3.05) is 18.0 Å². The Balaban J connectivity index is 1.73. The van der Waals surface area contributed by atoms with E-state index in [1.54, 1.807) is 6.07 Å². The molecule has 1 fully saturated rings. The van der Waals surface area contributed by atoms with Crippen molar-refractivity contribution in [2.24, 2.45) is 0 Å². The van der Waals surface area contributed by atoms with Crippen LogP contribution in [0.4, 0.5) is 5.82 Å². The smallest absolute Gasteiger partial charge is 0.287 e. The minimum absolute atomic E-state index is 0.0566. The van der Waals surface area contributed by atoms with Gasteiger partial charge < -0.3 is 14.6 Å². The molecule has 28 heavy (non-hydrogen) atoms. The first kappa shape index (κ1) is 20.7. The van der Waals surface area contributed by atoms with Crippen LogP contribution < -0.4 is 10.2 Å². The Morgan fingerprint density at radius 2 is 1.96 bits per heavy atom. The fourth-order valence-electron chi connectivity index (χ4n) is 2.77. The predicted molar refractivity (Wildman–Crippen MR) is 113 cm³/mol. The number of amides is 1. The van der Waals surface area contributed by atoms with Gasteiger partial charge in [-0.2, -0.15) is 0 Å². The van der Waals surface area contributed by atoms with Crippen molar-refractivity contribution in [3.63, 3.8) is 0 Å². The minimum Gasteiger partial charge on any atom is -0.455 e. The second-order valence-corrected chi connectivity index (χ2v) is 9.06. The normalized spacial score (nSPS) is 14.2. The lowest BCUT2D eigenvalue weighted by molar-refractivity contribution is 0.0922. The molecule has 0 radical (unpaired) electrons. The Morgan fingerprint density at radius 1 is 1.25 bits per heavy atom. The molecule has 152 valence electrons. The lowest BCUT2D eigenvalue weighted by Crippen LogP contribution is -2.25. The van der Waals surface area contributed by atoms with Crippen LogP contribution in [-0.2, 0) is 11.2 Å². The number of nitrogens with one attached hydrogen (secondary N) is 1. The van der Waals surface area contributed by atoms with Gasteiger partial charge in [0.05, 0.1) is 11.4 Å². The van der Waals surface area contributed by atoms with Gasteiger partial charge in [-0.05, 0) is 38.8 Å². The van der Waals surface area contributed by atoms with Crippen molar-refractivity contribution < 1.29 is 9.21 Å². The maximum Gasteiger partial charge on any atom is 0.287 e. The first-order valence-electron chi connectivity index (χ1n) is 9.97. The van der Waals surface area contributed by atoms with Gasteiger partial charge in [0.25, 0.3) is 5.91 Å². The van der Waals surface area contributed by atoms with Crippen LogP contribution in [0.1, 0.15) is 69.5 Å². The van der Waals surface area contributed by atoms with Gasteiger partial charge in [0, 0.05) is 30.6 Å². The second kappa shape index (κ2) is 8.55. The van der Waals surface area contributed by atoms with E-state index in [0.717, 1.165) is 48.4 Å². The Kier molecular flexibility index (Phi) is 6.33. The quantitative estimate of drug-likeness (QED) is 0.521. The summed E-state index contributed by atoms with van der Waals surface area (Å²) in [7, 11) is 0. The van der Waals surface area contributed by atoms with E-state index in [9.17, 15) is 4.79 Å². The molecule has 2 aromatic rings. The number of thioether (sulfide) groups is 1. The molecule has 0 unspecified atom stereocenters. The summed E-state index contributed by atoms with van der Waals surface area (Å²) < 4.78 is 5.71. The Labute approximate surface area is 171 Å². The molecule has 0 aromatic carbocycles. The van der Waals surface area contributed by atoms with Gasteiger partial charge in [-0.3, -0.25) is 4.79 Å². The number of anilines is 1. The molecule has 1 amide bonds. The van der Waals surface area contributed by atoms with Crippen LogP contribution >= 0.6 is 11.8 Å². The van der Waals surface area contributed by atoms with Crippen molar-refractivity contribution in [2.45, 2.75) is 69.8 Å². The van der Waals surface area contributed by atoms with Gasteiger partial charge in [0.2, 0.25) is 0 Å². The Morgan fingerprint density at radius 3 is 2.57 bits per heavy atom.